The van der Waals surface area contributed by atoms with Gasteiger partial charge in [0.05, 0.1) is 6.02 Å². The number of benzene rings is 1. The SMILES string of the molecule is CCCC(C)C1(CC)C(=O)N=C([O-])NC1=O.CCCCc1cccc(PC2CCCCC2)c1CCCC.[Na+]. The minimum absolute atomic E-state index is 0. The Morgan fingerprint density at radius 1 is 1.03 bits per heavy atom. The van der Waals surface area contributed by atoms with Gasteiger partial charge in [0.2, 0.25) is 5.91 Å². The Hall–Kier alpha value is -0.740. The number of aryl methyl sites for hydroxylation is 1. The van der Waals surface area contributed by atoms with Gasteiger partial charge in [-0.25, -0.2) is 4.99 Å². The van der Waals surface area contributed by atoms with E-state index in [1.165, 1.54) is 70.6 Å². The van der Waals surface area contributed by atoms with Gasteiger partial charge in [0.15, 0.2) is 0 Å². The number of amidine groups is 1. The fourth-order valence-corrected chi connectivity index (χ4v) is 7.58. The van der Waals surface area contributed by atoms with E-state index in [0.717, 1.165) is 27.1 Å². The zero-order valence-corrected chi connectivity index (χ0v) is 28.0. The average Bonchev–Trinajstić information content (AvgIpc) is 2.88. The predicted molar refractivity (Wildman–Crippen MR) is 156 cm³/mol. The fourth-order valence-electron chi connectivity index (χ4n) is 5.79. The molecule has 0 radical (unpaired) electrons. The Morgan fingerprint density at radius 2 is 1.68 bits per heavy atom. The van der Waals surface area contributed by atoms with Crippen molar-refractivity contribution in [1.82, 2.24) is 5.32 Å². The van der Waals surface area contributed by atoms with Crippen LogP contribution in [0.2, 0.25) is 0 Å². The van der Waals surface area contributed by atoms with Gasteiger partial charge in [-0.2, -0.15) is 0 Å². The van der Waals surface area contributed by atoms with E-state index in [4.69, 9.17) is 0 Å². The Bertz CT molecular complexity index is 901. The molecule has 1 heterocycles. The first-order valence-corrected chi connectivity index (χ1v) is 15.9. The van der Waals surface area contributed by atoms with E-state index in [-0.39, 0.29) is 35.5 Å². The van der Waals surface area contributed by atoms with Gasteiger partial charge in [-0.1, -0.05) is 99.9 Å². The van der Waals surface area contributed by atoms with Crippen LogP contribution in [0.4, 0.5) is 0 Å². The summed E-state index contributed by atoms with van der Waals surface area (Å²) in [5.41, 5.74) is 3.23. The molecule has 0 aromatic heterocycles. The second-order valence-corrected chi connectivity index (χ2v) is 12.5. The zero-order chi connectivity index (χ0) is 27.3. The third kappa shape index (κ3) is 9.72. The van der Waals surface area contributed by atoms with Crippen molar-refractivity contribution >= 4 is 31.7 Å². The summed E-state index contributed by atoms with van der Waals surface area (Å²) < 4.78 is 0. The second kappa shape index (κ2) is 18.6. The molecule has 3 rings (SSSR count). The number of carbonyl (C=O) groups excluding carboxylic acids is 2. The van der Waals surface area contributed by atoms with E-state index >= 15 is 0 Å². The molecule has 208 valence electrons. The van der Waals surface area contributed by atoms with E-state index in [1.54, 1.807) is 23.4 Å². The monoisotopic (exact) mass is 552 g/mol. The molecule has 2 amide bonds. The molecule has 1 saturated carbocycles. The molecule has 0 bridgehead atoms. The van der Waals surface area contributed by atoms with Gasteiger partial charge in [-0.3, -0.25) is 9.59 Å². The van der Waals surface area contributed by atoms with Crippen LogP contribution in [-0.4, -0.2) is 23.5 Å². The van der Waals surface area contributed by atoms with Crippen LogP contribution in [0, 0.1) is 11.3 Å². The summed E-state index contributed by atoms with van der Waals surface area (Å²) in [6.45, 7) is 10.2. The van der Waals surface area contributed by atoms with Crippen LogP contribution in [0.5, 0.6) is 0 Å². The van der Waals surface area contributed by atoms with E-state index < -0.39 is 23.3 Å². The third-order valence-electron chi connectivity index (χ3n) is 8.15. The van der Waals surface area contributed by atoms with Crippen LogP contribution in [0.25, 0.3) is 0 Å². The molecule has 0 saturated heterocycles. The quantitative estimate of drug-likeness (QED) is 0.246. The van der Waals surface area contributed by atoms with E-state index in [0.29, 0.717) is 6.42 Å². The van der Waals surface area contributed by atoms with Crippen LogP contribution in [0.3, 0.4) is 0 Å². The number of carbonyl (C=O) groups is 2. The molecule has 7 heteroatoms. The van der Waals surface area contributed by atoms with E-state index in [9.17, 15) is 14.7 Å². The maximum atomic E-state index is 11.9. The Labute approximate surface area is 255 Å². The molecule has 1 fully saturated rings. The van der Waals surface area contributed by atoms with Crippen molar-refractivity contribution in [3.63, 3.8) is 0 Å². The molecule has 1 N–H and O–H groups in total. The summed E-state index contributed by atoms with van der Waals surface area (Å²) in [6, 6.07) is 6.32. The number of amides is 2. The summed E-state index contributed by atoms with van der Waals surface area (Å²) in [4.78, 5) is 27.1. The molecule has 38 heavy (non-hydrogen) atoms. The molecule has 1 aromatic carbocycles. The fraction of sp³-hybridized carbons (Fsp3) is 0.710. The largest absolute Gasteiger partial charge is 1.00 e. The summed E-state index contributed by atoms with van der Waals surface area (Å²) in [5.74, 6) is -1.20. The van der Waals surface area contributed by atoms with Gasteiger partial charge in [0.25, 0.3) is 5.91 Å². The third-order valence-corrected chi connectivity index (χ3v) is 9.91. The van der Waals surface area contributed by atoms with Gasteiger partial charge in [-0.05, 0) is 79.4 Å². The first-order chi connectivity index (χ1) is 17.8. The summed E-state index contributed by atoms with van der Waals surface area (Å²) in [6.07, 6.45) is 17.3. The topological polar surface area (TPSA) is 81.6 Å². The van der Waals surface area contributed by atoms with Crippen molar-refractivity contribution in [2.75, 3.05) is 0 Å². The van der Waals surface area contributed by atoms with Crippen molar-refractivity contribution in [1.29, 1.82) is 0 Å². The van der Waals surface area contributed by atoms with Gasteiger partial charge in [0.1, 0.15) is 5.41 Å². The van der Waals surface area contributed by atoms with E-state index in [1.807, 2.05) is 13.8 Å². The predicted octanol–water partition coefficient (Wildman–Crippen LogP) is 3.20. The molecule has 1 aliphatic carbocycles. The van der Waals surface area contributed by atoms with Gasteiger partial charge >= 0.3 is 29.6 Å². The average molecular weight is 553 g/mol. The summed E-state index contributed by atoms with van der Waals surface area (Å²) in [7, 11) is 1.07. The molecule has 3 unspecified atom stereocenters. The number of unbranched alkanes of at least 4 members (excludes halogenated alkanes) is 2. The summed E-state index contributed by atoms with van der Waals surface area (Å²) in [5, 5.41) is 14.8. The molecule has 1 aromatic rings. The normalized spacial score (nSPS) is 20.8. The van der Waals surface area contributed by atoms with Crippen molar-refractivity contribution in [2.24, 2.45) is 16.3 Å². The number of nitrogens with one attached hydrogen (secondary N) is 1. The Kier molecular flexibility index (Phi) is 17.3. The minimum Gasteiger partial charge on any atom is -0.846 e. The number of rotatable bonds is 12. The Morgan fingerprint density at radius 3 is 2.26 bits per heavy atom. The first-order valence-electron chi connectivity index (χ1n) is 14.8. The van der Waals surface area contributed by atoms with Crippen molar-refractivity contribution in [3.8, 4) is 0 Å². The smallest absolute Gasteiger partial charge is 0.846 e. The standard InChI is InChI=1S/C20H33P.C11H18N2O3.Na/c1-3-5-11-17-12-10-16-20(19(17)15-6-4-2)21-18-13-8-7-9-14-18;1-4-6-7(3)11(5-2)8(14)12-10(16)13-9(11)15;/h10,12,16,18,21H,3-9,11,13-15H2,1-2H3;7H,4-6H2,1-3H3,(H2,12,13,14,15,16);/q;;+1/p-1. The van der Waals surface area contributed by atoms with Crippen LogP contribution >= 0.6 is 8.58 Å². The Balaban J connectivity index is 0.000000384. The molecule has 1 aliphatic heterocycles. The maximum absolute atomic E-state index is 11.9. The van der Waals surface area contributed by atoms with Crippen LogP contribution in [-0.2, 0) is 22.4 Å². The van der Waals surface area contributed by atoms with Gasteiger partial charge < -0.3 is 10.4 Å². The van der Waals surface area contributed by atoms with Crippen molar-refractivity contribution in [2.45, 2.75) is 130 Å². The molecule has 5 nitrogen and oxygen atoms in total. The minimum atomic E-state index is -1.15. The van der Waals surface area contributed by atoms with Crippen LogP contribution in [0.1, 0.15) is 123 Å². The second-order valence-electron chi connectivity index (χ2n) is 10.8. The molecular weight excluding hydrogens is 502 g/mol. The number of hydrogen-bond donors (Lipinski definition) is 1. The maximum Gasteiger partial charge on any atom is 1.00 e. The summed E-state index contributed by atoms with van der Waals surface area (Å²) >= 11 is 0. The number of hydrogen-bond acceptors (Lipinski definition) is 3. The number of nitrogens with zero attached hydrogens (tertiary/aromatic N) is 1. The molecular formula is C31H50N2NaO3P. The van der Waals surface area contributed by atoms with Gasteiger partial charge in [0, 0.05) is 0 Å². The first kappa shape index (κ1) is 35.3. The molecule has 3 atom stereocenters. The van der Waals surface area contributed by atoms with Crippen molar-refractivity contribution < 1.29 is 44.3 Å². The number of aliphatic imine (C=N–C) groups is 1. The van der Waals surface area contributed by atoms with Crippen LogP contribution < -0.4 is 45.3 Å². The van der Waals surface area contributed by atoms with Crippen molar-refractivity contribution in [3.05, 3.63) is 29.3 Å². The van der Waals surface area contributed by atoms with E-state index in [2.05, 4.69) is 42.4 Å². The molecule has 2 aliphatic rings. The van der Waals surface area contributed by atoms with Gasteiger partial charge in [-0.15, -0.1) is 0 Å². The zero-order valence-electron chi connectivity index (χ0n) is 25.0. The van der Waals surface area contributed by atoms with Crippen LogP contribution in [0.15, 0.2) is 23.2 Å². The molecule has 0 spiro atoms.